The van der Waals surface area contributed by atoms with E-state index in [0.717, 1.165) is 32.4 Å². The summed E-state index contributed by atoms with van der Waals surface area (Å²) in [6.45, 7) is 1.79. The zero-order chi connectivity index (χ0) is 9.97. The van der Waals surface area contributed by atoms with Gasteiger partial charge in [0.1, 0.15) is 0 Å². The predicted octanol–water partition coefficient (Wildman–Crippen LogP) is 1.42. The third-order valence-corrected chi connectivity index (χ3v) is 3.29. The Kier molecular flexibility index (Phi) is 3.06. The fraction of sp³-hybridized carbons (Fsp3) is 0.909. The quantitative estimate of drug-likeness (QED) is 0.685. The Hall–Kier alpha value is -0.570. The van der Waals surface area contributed by atoms with E-state index in [4.69, 9.17) is 4.74 Å². The molecule has 0 radical (unpaired) electrons. The van der Waals surface area contributed by atoms with E-state index in [0.29, 0.717) is 17.9 Å². The molecule has 0 bridgehead atoms. The van der Waals surface area contributed by atoms with Crippen molar-refractivity contribution in [2.45, 2.75) is 38.2 Å². The molecule has 1 saturated carbocycles. The number of rotatable bonds is 3. The number of amides is 1. The van der Waals surface area contributed by atoms with Crippen molar-refractivity contribution in [2.75, 3.05) is 20.2 Å². The maximum Gasteiger partial charge on any atom is 0.222 e. The van der Waals surface area contributed by atoms with Gasteiger partial charge in [-0.2, -0.15) is 0 Å². The summed E-state index contributed by atoms with van der Waals surface area (Å²) >= 11 is 0. The van der Waals surface area contributed by atoms with Crippen LogP contribution in [0.3, 0.4) is 0 Å². The lowest BCUT2D eigenvalue weighted by Crippen LogP contribution is -2.40. The lowest BCUT2D eigenvalue weighted by atomic mass is 10.1. The molecule has 3 heteroatoms. The molecule has 80 valence electrons. The third kappa shape index (κ3) is 2.47. The Morgan fingerprint density at radius 2 is 1.93 bits per heavy atom. The standard InChI is InChI=1S/C11H19NO2/c1-14-10-4-6-12(7-5-10)11(13)8-9-2-3-9/h9-10H,2-8H2,1H3. The largest absolute Gasteiger partial charge is 0.381 e. The van der Waals surface area contributed by atoms with Gasteiger partial charge in [0.2, 0.25) is 5.91 Å². The Morgan fingerprint density at radius 1 is 1.29 bits per heavy atom. The SMILES string of the molecule is COC1CCN(C(=O)CC2CC2)CC1. The van der Waals surface area contributed by atoms with Crippen molar-refractivity contribution in [1.29, 1.82) is 0 Å². The number of hydrogen-bond donors (Lipinski definition) is 0. The van der Waals surface area contributed by atoms with Crippen LogP contribution in [0.4, 0.5) is 0 Å². The fourth-order valence-corrected chi connectivity index (χ4v) is 2.04. The average molecular weight is 197 g/mol. The second kappa shape index (κ2) is 4.30. The van der Waals surface area contributed by atoms with Gasteiger partial charge in [0.25, 0.3) is 0 Å². The van der Waals surface area contributed by atoms with Gasteiger partial charge in [-0.15, -0.1) is 0 Å². The van der Waals surface area contributed by atoms with Gasteiger partial charge < -0.3 is 9.64 Å². The van der Waals surface area contributed by atoms with E-state index >= 15 is 0 Å². The first-order chi connectivity index (χ1) is 6.79. The van der Waals surface area contributed by atoms with Crippen LogP contribution in [-0.2, 0) is 9.53 Å². The first-order valence-electron chi connectivity index (χ1n) is 5.60. The molecule has 2 rings (SSSR count). The minimum atomic E-state index is 0.363. The number of nitrogens with zero attached hydrogens (tertiary/aromatic N) is 1. The van der Waals surface area contributed by atoms with Crippen LogP contribution >= 0.6 is 0 Å². The Bertz CT molecular complexity index is 205. The van der Waals surface area contributed by atoms with Crippen LogP contribution in [0.5, 0.6) is 0 Å². The van der Waals surface area contributed by atoms with E-state index in [1.54, 1.807) is 7.11 Å². The van der Waals surface area contributed by atoms with E-state index in [2.05, 4.69) is 0 Å². The summed E-state index contributed by atoms with van der Waals surface area (Å²) in [5.41, 5.74) is 0. The van der Waals surface area contributed by atoms with Crippen LogP contribution in [-0.4, -0.2) is 37.1 Å². The molecule has 0 atom stereocenters. The van der Waals surface area contributed by atoms with Gasteiger partial charge in [-0.3, -0.25) is 4.79 Å². The van der Waals surface area contributed by atoms with Gasteiger partial charge in [-0.1, -0.05) is 0 Å². The lowest BCUT2D eigenvalue weighted by molar-refractivity contribution is -0.133. The summed E-state index contributed by atoms with van der Waals surface area (Å²) < 4.78 is 5.27. The van der Waals surface area contributed by atoms with Crippen molar-refractivity contribution in [3.63, 3.8) is 0 Å². The second-order valence-electron chi connectivity index (χ2n) is 4.46. The molecule has 0 aromatic rings. The molecular formula is C11H19NO2. The van der Waals surface area contributed by atoms with Gasteiger partial charge in [-0.05, 0) is 31.6 Å². The molecule has 0 N–H and O–H groups in total. The van der Waals surface area contributed by atoms with Gasteiger partial charge in [0, 0.05) is 26.6 Å². The predicted molar refractivity (Wildman–Crippen MR) is 54.0 cm³/mol. The Morgan fingerprint density at radius 3 is 2.43 bits per heavy atom. The van der Waals surface area contributed by atoms with Crippen LogP contribution < -0.4 is 0 Å². The van der Waals surface area contributed by atoms with Gasteiger partial charge in [-0.25, -0.2) is 0 Å². The molecular weight excluding hydrogens is 178 g/mol. The summed E-state index contributed by atoms with van der Waals surface area (Å²) in [6, 6.07) is 0. The van der Waals surface area contributed by atoms with E-state index in [9.17, 15) is 4.79 Å². The van der Waals surface area contributed by atoms with E-state index in [1.165, 1.54) is 12.8 Å². The Balaban J connectivity index is 1.73. The number of likely N-dealkylation sites (tertiary alicyclic amines) is 1. The minimum Gasteiger partial charge on any atom is -0.381 e. The molecule has 3 nitrogen and oxygen atoms in total. The zero-order valence-corrected chi connectivity index (χ0v) is 8.87. The van der Waals surface area contributed by atoms with Crippen molar-refractivity contribution in [3.8, 4) is 0 Å². The van der Waals surface area contributed by atoms with Crippen LogP contribution in [0.25, 0.3) is 0 Å². The molecule has 0 aromatic carbocycles. The summed E-state index contributed by atoms with van der Waals surface area (Å²) in [4.78, 5) is 13.7. The molecule has 1 amide bonds. The molecule has 1 aliphatic heterocycles. The van der Waals surface area contributed by atoms with Crippen LogP contribution in [0.1, 0.15) is 32.1 Å². The zero-order valence-electron chi connectivity index (χ0n) is 8.87. The van der Waals surface area contributed by atoms with Crippen molar-refractivity contribution in [3.05, 3.63) is 0 Å². The van der Waals surface area contributed by atoms with Gasteiger partial charge in [0.15, 0.2) is 0 Å². The lowest BCUT2D eigenvalue weighted by Gasteiger charge is -2.31. The van der Waals surface area contributed by atoms with Gasteiger partial charge >= 0.3 is 0 Å². The van der Waals surface area contributed by atoms with Crippen molar-refractivity contribution in [1.82, 2.24) is 4.90 Å². The maximum atomic E-state index is 11.7. The molecule has 2 aliphatic rings. The first kappa shape index (κ1) is 9.97. The highest BCUT2D eigenvalue weighted by Crippen LogP contribution is 2.33. The monoisotopic (exact) mass is 197 g/mol. The maximum absolute atomic E-state index is 11.7. The molecule has 0 spiro atoms. The van der Waals surface area contributed by atoms with Crippen LogP contribution in [0.2, 0.25) is 0 Å². The van der Waals surface area contributed by atoms with Crippen molar-refractivity contribution >= 4 is 5.91 Å². The highest BCUT2D eigenvalue weighted by atomic mass is 16.5. The summed E-state index contributed by atoms with van der Waals surface area (Å²) in [6.07, 6.45) is 5.71. The summed E-state index contributed by atoms with van der Waals surface area (Å²) in [5.74, 6) is 1.07. The number of hydrogen-bond acceptors (Lipinski definition) is 2. The van der Waals surface area contributed by atoms with E-state index in [1.807, 2.05) is 4.90 Å². The smallest absolute Gasteiger partial charge is 0.222 e. The molecule has 1 saturated heterocycles. The number of piperidine rings is 1. The molecule has 14 heavy (non-hydrogen) atoms. The minimum absolute atomic E-state index is 0.363. The second-order valence-corrected chi connectivity index (χ2v) is 4.46. The van der Waals surface area contributed by atoms with Crippen molar-refractivity contribution < 1.29 is 9.53 Å². The average Bonchev–Trinajstić information content (AvgIpc) is 3.02. The highest BCUT2D eigenvalue weighted by molar-refractivity contribution is 5.76. The number of carbonyl (C=O) groups is 1. The fourth-order valence-electron chi connectivity index (χ4n) is 2.04. The number of carbonyl (C=O) groups excluding carboxylic acids is 1. The highest BCUT2D eigenvalue weighted by Gasteiger charge is 2.28. The van der Waals surface area contributed by atoms with Crippen LogP contribution in [0, 0.1) is 5.92 Å². The molecule has 2 fully saturated rings. The van der Waals surface area contributed by atoms with Crippen molar-refractivity contribution in [2.24, 2.45) is 5.92 Å². The topological polar surface area (TPSA) is 29.5 Å². The number of ether oxygens (including phenoxy) is 1. The summed E-state index contributed by atoms with van der Waals surface area (Å²) in [7, 11) is 1.76. The third-order valence-electron chi connectivity index (χ3n) is 3.29. The van der Waals surface area contributed by atoms with Crippen LogP contribution in [0.15, 0.2) is 0 Å². The molecule has 0 unspecified atom stereocenters. The Labute approximate surface area is 85.4 Å². The molecule has 1 aliphatic carbocycles. The normalized spacial score (nSPS) is 23.9. The van der Waals surface area contributed by atoms with Gasteiger partial charge in [0.05, 0.1) is 6.10 Å². The summed E-state index contributed by atoms with van der Waals surface area (Å²) in [5, 5.41) is 0. The van der Waals surface area contributed by atoms with E-state index in [-0.39, 0.29) is 0 Å². The first-order valence-corrected chi connectivity index (χ1v) is 5.60. The number of methoxy groups -OCH3 is 1. The van der Waals surface area contributed by atoms with E-state index < -0.39 is 0 Å². The molecule has 0 aromatic heterocycles. The molecule has 1 heterocycles.